The Balaban J connectivity index is 2.65. The van der Waals surface area contributed by atoms with E-state index in [1.807, 2.05) is 7.05 Å². The monoisotopic (exact) mass is 164 g/mol. The van der Waals surface area contributed by atoms with Crippen LogP contribution in [0.25, 0.3) is 0 Å². The first-order valence-corrected chi connectivity index (χ1v) is 3.90. The molecule has 2 N–H and O–H groups in total. The Morgan fingerprint density at radius 1 is 1.30 bits per heavy atom. The molecule has 0 saturated heterocycles. The van der Waals surface area contributed by atoms with Crippen LogP contribution in [0, 0.1) is 0 Å². The van der Waals surface area contributed by atoms with Crippen LogP contribution < -0.4 is 10.6 Å². The minimum absolute atomic E-state index is 0.669. The third-order valence-electron chi connectivity index (χ3n) is 1.15. The van der Waals surface area contributed by atoms with Gasteiger partial charge in [-0.3, -0.25) is 0 Å². The highest BCUT2D eigenvalue weighted by atomic mass is 32.1. The van der Waals surface area contributed by atoms with Crippen LogP contribution in [0.2, 0.25) is 0 Å². The standard InChI is InChI=1S/C6H16N2OS/c1-7-3-2-4-8-5-6-9-10/h7-8,10H,2-6H2,1H3. The van der Waals surface area contributed by atoms with E-state index < -0.39 is 0 Å². The smallest absolute Gasteiger partial charge is 0.0735 e. The van der Waals surface area contributed by atoms with Crippen LogP contribution in [0.1, 0.15) is 6.42 Å². The van der Waals surface area contributed by atoms with Crippen molar-refractivity contribution in [3.05, 3.63) is 0 Å². The van der Waals surface area contributed by atoms with Crippen molar-refractivity contribution in [1.29, 1.82) is 0 Å². The van der Waals surface area contributed by atoms with Gasteiger partial charge in [-0.1, -0.05) is 0 Å². The average molecular weight is 164 g/mol. The topological polar surface area (TPSA) is 33.3 Å². The molecule has 62 valence electrons. The Morgan fingerprint density at radius 3 is 2.70 bits per heavy atom. The van der Waals surface area contributed by atoms with Crippen LogP contribution in [0.5, 0.6) is 0 Å². The zero-order valence-corrected chi connectivity index (χ0v) is 7.29. The molecule has 0 fully saturated rings. The van der Waals surface area contributed by atoms with Gasteiger partial charge in [-0.2, -0.15) is 0 Å². The van der Waals surface area contributed by atoms with Crippen LogP contribution in [-0.4, -0.2) is 33.3 Å². The van der Waals surface area contributed by atoms with Crippen molar-refractivity contribution in [2.24, 2.45) is 0 Å². The molecule has 0 atom stereocenters. The maximum Gasteiger partial charge on any atom is 0.0735 e. The molecule has 4 heteroatoms. The Labute approximate surface area is 68.1 Å². The van der Waals surface area contributed by atoms with E-state index in [9.17, 15) is 0 Å². The van der Waals surface area contributed by atoms with Crippen molar-refractivity contribution in [3.8, 4) is 0 Å². The van der Waals surface area contributed by atoms with E-state index in [-0.39, 0.29) is 0 Å². The molecule has 0 aliphatic carbocycles. The second kappa shape index (κ2) is 9.23. The Bertz CT molecular complexity index is 55.7. The summed E-state index contributed by atoms with van der Waals surface area (Å²) in [6.45, 7) is 3.66. The molecule has 0 rings (SSSR count). The lowest BCUT2D eigenvalue weighted by molar-refractivity contribution is 0.373. The van der Waals surface area contributed by atoms with Crippen molar-refractivity contribution in [1.82, 2.24) is 10.6 Å². The first-order valence-electron chi connectivity index (χ1n) is 3.53. The van der Waals surface area contributed by atoms with Crippen LogP contribution in [0.4, 0.5) is 0 Å². The molecule has 0 aliphatic heterocycles. The van der Waals surface area contributed by atoms with Crippen molar-refractivity contribution < 1.29 is 4.18 Å². The highest BCUT2D eigenvalue weighted by molar-refractivity contribution is 7.75. The van der Waals surface area contributed by atoms with Crippen molar-refractivity contribution in [3.63, 3.8) is 0 Å². The molecule has 0 unspecified atom stereocenters. The van der Waals surface area contributed by atoms with E-state index in [2.05, 4.69) is 27.7 Å². The van der Waals surface area contributed by atoms with Crippen LogP contribution in [0.15, 0.2) is 0 Å². The summed E-state index contributed by atoms with van der Waals surface area (Å²) in [6, 6.07) is 0. The van der Waals surface area contributed by atoms with E-state index in [1.54, 1.807) is 0 Å². The van der Waals surface area contributed by atoms with E-state index in [0.717, 1.165) is 26.1 Å². The molecule has 3 nitrogen and oxygen atoms in total. The number of rotatable bonds is 7. The molecular weight excluding hydrogens is 148 g/mol. The maximum absolute atomic E-state index is 4.56. The van der Waals surface area contributed by atoms with Crippen molar-refractivity contribution in [2.75, 3.05) is 33.3 Å². The quantitative estimate of drug-likeness (QED) is 0.282. The number of hydrogen-bond acceptors (Lipinski definition) is 4. The van der Waals surface area contributed by atoms with Gasteiger partial charge in [0, 0.05) is 6.54 Å². The number of hydrogen-bond donors (Lipinski definition) is 3. The summed E-state index contributed by atoms with van der Waals surface area (Å²) in [7, 11) is 1.96. The van der Waals surface area contributed by atoms with Gasteiger partial charge in [0.15, 0.2) is 0 Å². The van der Waals surface area contributed by atoms with E-state index in [1.165, 1.54) is 0 Å². The van der Waals surface area contributed by atoms with E-state index in [4.69, 9.17) is 0 Å². The fourth-order valence-corrected chi connectivity index (χ4v) is 0.724. The van der Waals surface area contributed by atoms with Crippen LogP contribution in [-0.2, 0) is 4.18 Å². The maximum atomic E-state index is 4.56. The second-order valence-corrected chi connectivity index (χ2v) is 2.30. The van der Waals surface area contributed by atoms with Gasteiger partial charge >= 0.3 is 0 Å². The molecule has 0 bridgehead atoms. The third kappa shape index (κ3) is 8.23. The van der Waals surface area contributed by atoms with Crippen LogP contribution in [0.3, 0.4) is 0 Å². The SMILES string of the molecule is CNCCCNCCOS. The molecule has 0 radical (unpaired) electrons. The molecule has 0 amide bonds. The molecule has 10 heavy (non-hydrogen) atoms. The van der Waals surface area contributed by atoms with Gasteiger partial charge in [-0.15, -0.1) is 0 Å². The summed E-state index contributed by atoms with van der Waals surface area (Å²) in [4.78, 5) is 0. The fourth-order valence-electron chi connectivity index (χ4n) is 0.633. The van der Waals surface area contributed by atoms with Gasteiger partial charge < -0.3 is 14.8 Å². The van der Waals surface area contributed by atoms with Gasteiger partial charge in [0.1, 0.15) is 0 Å². The predicted molar refractivity (Wildman–Crippen MR) is 46.4 cm³/mol. The molecule has 0 saturated carbocycles. The van der Waals surface area contributed by atoms with Gasteiger partial charge in [-0.05, 0) is 39.5 Å². The zero-order valence-electron chi connectivity index (χ0n) is 6.39. The highest BCUT2D eigenvalue weighted by Crippen LogP contribution is 1.75. The second-order valence-electron chi connectivity index (χ2n) is 2.04. The van der Waals surface area contributed by atoms with Gasteiger partial charge in [-0.25, -0.2) is 0 Å². The summed E-state index contributed by atoms with van der Waals surface area (Å²) >= 11 is 3.61. The summed E-state index contributed by atoms with van der Waals surface area (Å²) < 4.78 is 4.56. The van der Waals surface area contributed by atoms with Gasteiger partial charge in [0.2, 0.25) is 0 Å². The van der Waals surface area contributed by atoms with Gasteiger partial charge in [0.05, 0.1) is 6.61 Å². The Kier molecular flexibility index (Phi) is 9.44. The predicted octanol–water partition coefficient (Wildman–Crippen LogP) is 0.0469. The Hall–Kier alpha value is 0.230. The highest BCUT2D eigenvalue weighted by Gasteiger charge is 1.85. The molecule has 0 aromatic heterocycles. The lowest BCUT2D eigenvalue weighted by Gasteiger charge is -2.01. The van der Waals surface area contributed by atoms with E-state index in [0.29, 0.717) is 6.61 Å². The number of thiol groups is 1. The fraction of sp³-hybridized carbons (Fsp3) is 1.00. The zero-order chi connectivity index (χ0) is 7.66. The average Bonchev–Trinajstić information content (AvgIpc) is 1.97. The molecule has 0 spiro atoms. The van der Waals surface area contributed by atoms with Gasteiger partial charge in [0.25, 0.3) is 0 Å². The summed E-state index contributed by atoms with van der Waals surface area (Å²) in [5.74, 6) is 0. The van der Waals surface area contributed by atoms with Crippen molar-refractivity contribution in [2.45, 2.75) is 6.42 Å². The molecule has 0 aromatic rings. The molecule has 0 aliphatic rings. The molecule has 0 heterocycles. The summed E-state index contributed by atoms with van der Waals surface area (Å²) in [6.07, 6.45) is 1.16. The summed E-state index contributed by atoms with van der Waals surface area (Å²) in [5, 5.41) is 6.28. The largest absolute Gasteiger partial charge is 0.320 e. The number of nitrogens with one attached hydrogen (secondary N) is 2. The minimum Gasteiger partial charge on any atom is -0.320 e. The van der Waals surface area contributed by atoms with E-state index >= 15 is 0 Å². The molecule has 0 aromatic carbocycles. The lowest BCUT2D eigenvalue weighted by Crippen LogP contribution is -2.22. The summed E-state index contributed by atoms with van der Waals surface area (Å²) in [5.41, 5.74) is 0. The first kappa shape index (κ1) is 10.2. The van der Waals surface area contributed by atoms with Crippen molar-refractivity contribution >= 4 is 12.9 Å². The minimum atomic E-state index is 0.669. The lowest BCUT2D eigenvalue weighted by atomic mass is 10.4. The Morgan fingerprint density at radius 2 is 2.10 bits per heavy atom. The normalized spacial score (nSPS) is 10.2. The molecular formula is C6H16N2OS. The first-order chi connectivity index (χ1) is 4.91. The van der Waals surface area contributed by atoms with Crippen LogP contribution >= 0.6 is 12.9 Å². The third-order valence-corrected chi connectivity index (χ3v) is 1.33.